The molecule has 4 nitrogen and oxygen atoms in total. The van der Waals surface area contributed by atoms with Crippen LogP contribution in [0.4, 0.5) is 5.69 Å². The van der Waals surface area contributed by atoms with Crippen molar-refractivity contribution < 1.29 is 9.53 Å². The van der Waals surface area contributed by atoms with Gasteiger partial charge in [-0.1, -0.05) is 15.9 Å². The lowest BCUT2D eigenvalue weighted by molar-refractivity contribution is 0.103. The SMILES string of the molecule is CCOc1cncc(C(=O)c2cc(Br)ccc2N)c1. The van der Waals surface area contributed by atoms with E-state index in [1.807, 2.05) is 6.92 Å². The van der Waals surface area contributed by atoms with Crippen LogP contribution < -0.4 is 10.5 Å². The molecule has 0 saturated heterocycles. The summed E-state index contributed by atoms with van der Waals surface area (Å²) in [4.78, 5) is 16.4. The fourth-order valence-electron chi connectivity index (χ4n) is 1.67. The standard InChI is InChI=1S/C14H13BrN2O2/c1-2-19-11-5-9(7-17-8-11)14(18)12-6-10(15)3-4-13(12)16/h3-8H,2,16H2,1H3. The molecule has 0 spiro atoms. The number of nitrogens with zero attached hydrogens (tertiary/aromatic N) is 1. The molecule has 5 heteroatoms. The Morgan fingerprint density at radius 2 is 2.16 bits per heavy atom. The Labute approximate surface area is 119 Å². The van der Waals surface area contributed by atoms with Crippen molar-refractivity contribution in [2.24, 2.45) is 0 Å². The van der Waals surface area contributed by atoms with Crippen molar-refractivity contribution >= 4 is 27.4 Å². The van der Waals surface area contributed by atoms with Crippen LogP contribution in [-0.2, 0) is 0 Å². The third-order valence-corrected chi connectivity index (χ3v) is 3.04. The molecule has 1 aromatic carbocycles. The van der Waals surface area contributed by atoms with E-state index in [1.165, 1.54) is 6.20 Å². The van der Waals surface area contributed by atoms with E-state index in [2.05, 4.69) is 20.9 Å². The first-order valence-corrected chi connectivity index (χ1v) is 6.58. The number of carbonyl (C=O) groups excluding carboxylic acids is 1. The van der Waals surface area contributed by atoms with E-state index in [-0.39, 0.29) is 5.78 Å². The second kappa shape index (κ2) is 5.84. The van der Waals surface area contributed by atoms with Crippen LogP contribution in [0.3, 0.4) is 0 Å². The summed E-state index contributed by atoms with van der Waals surface area (Å²) >= 11 is 3.33. The average molecular weight is 321 g/mol. The van der Waals surface area contributed by atoms with Gasteiger partial charge >= 0.3 is 0 Å². The summed E-state index contributed by atoms with van der Waals surface area (Å²) in [6.45, 7) is 2.40. The molecule has 0 atom stereocenters. The van der Waals surface area contributed by atoms with Gasteiger partial charge in [-0.2, -0.15) is 0 Å². The highest BCUT2D eigenvalue weighted by molar-refractivity contribution is 9.10. The number of pyridine rings is 1. The summed E-state index contributed by atoms with van der Waals surface area (Å²) in [5.41, 5.74) is 7.17. The van der Waals surface area contributed by atoms with Gasteiger partial charge in [-0.05, 0) is 31.2 Å². The summed E-state index contributed by atoms with van der Waals surface area (Å²) in [5.74, 6) is 0.398. The van der Waals surface area contributed by atoms with Crippen molar-refractivity contribution in [3.05, 3.63) is 52.3 Å². The molecule has 0 aliphatic carbocycles. The minimum atomic E-state index is -0.173. The van der Waals surface area contributed by atoms with Crippen molar-refractivity contribution in [1.82, 2.24) is 4.98 Å². The first kappa shape index (κ1) is 13.5. The lowest BCUT2D eigenvalue weighted by Crippen LogP contribution is -2.06. The topological polar surface area (TPSA) is 65.2 Å². The zero-order chi connectivity index (χ0) is 13.8. The van der Waals surface area contributed by atoms with Gasteiger partial charge in [0.1, 0.15) is 5.75 Å². The minimum absolute atomic E-state index is 0.173. The molecule has 1 heterocycles. The summed E-state index contributed by atoms with van der Waals surface area (Å²) in [5, 5.41) is 0. The molecular formula is C14H13BrN2O2. The molecule has 0 aliphatic heterocycles. The predicted molar refractivity (Wildman–Crippen MR) is 77.4 cm³/mol. The van der Waals surface area contributed by atoms with Crippen LogP contribution in [0, 0.1) is 0 Å². The van der Waals surface area contributed by atoms with Crippen molar-refractivity contribution in [2.45, 2.75) is 6.92 Å². The molecule has 2 rings (SSSR count). The number of carbonyl (C=O) groups is 1. The van der Waals surface area contributed by atoms with Crippen molar-refractivity contribution in [2.75, 3.05) is 12.3 Å². The second-order valence-electron chi connectivity index (χ2n) is 3.90. The molecular weight excluding hydrogens is 308 g/mol. The summed E-state index contributed by atoms with van der Waals surface area (Å²) in [6, 6.07) is 6.85. The van der Waals surface area contributed by atoms with Crippen molar-refractivity contribution in [1.29, 1.82) is 0 Å². The second-order valence-corrected chi connectivity index (χ2v) is 4.82. The molecule has 98 valence electrons. The zero-order valence-corrected chi connectivity index (χ0v) is 12.0. The fourth-order valence-corrected chi connectivity index (χ4v) is 2.03. The van der Waals surface area contributed by atoms with Crippen molar-refractivity contribution in [3.8, 4) is 5.75 Å². The van der Waals surface area contributed by atoms with E-state index in [0.29, 0.717) is 29.2 Å². The Morgan fingerprint density at radius 3 is 2.89 bits per heavy atom. The van der Waals surface area contributed by atoms with E-state index in [0.717, 1.165) is 4.47 Å². The number of halogens is 1. The van der Waals surface area contributed by atoms with Crippen LogP contribution >= 0.6 is 15.9 Å². The van der Waals surface area contributed by atoms with Crippen LogP contribution in [0.5, 0.6) is 5.75 Å². The van der Waals surface area contributed by atoms with Gasteiger partial charge in [0.15, 0.2) is 5.78 Å². The number of hydrogen-bond acceptors (Lipinski definition) is 4. The number of nitrogens with two attached hydrogens (primary N) is 1. The molecule has 2 aromatic rings. The Morgan fingerprint density at radius 1 is 1.37 bits per heavy atom. The fraction of sp³-hybridized carbons (Fsp3) is 0.143. The van der Waals surface area contributed by atoms with Gasteiger partial charge in [0.2, 0.25) is 0 Å². The van der Waals surface area contributed by atoms with E-state index in [4.69, 9.17) is 10.5 Å². The Bertz CT molecular complexity index is 614. The third kappa shape index (κ3) is 3.12. The van der Waals surface area contributed by atoms with Gasteiger partial charge in [-0.15, -0.1) is 0 Å². The smallest absolute Gasteiger partial charge is 0.196 e. The minimum Gasteiger partial charge on any atom is -0.492 e. The highest BCUT2D eigenvalue weighted by atomic mass is 79.9. The zero-order valence-electron chi connectivity index (χ0n) is 10.4. The largest absolute Gasteiger partial charge is 0.492 e. The number of aromatic nitrogens is 1. The van der Waals surface area contributed by atoms with Gasteiger partial charge in [-0.3, -0.25) is 9.78 Å². The monoisotopic (exact) mass is 320 g/mol. The average Bonchev–Trinajstić information content (AvgIpc) is 2.41. The van der Waals surface area contributed by atoms with Crippen molar-refractivity contribution in [3.63, 3.8) is 0 Å². The number of rotatable bonds is 4. The quantitative estimate of drug-likeness (QED) is 0.694. The van der Waals surface area contributed by atoms with Gasteiger partial charge in [0.05, 0.1) is 12.8 Å². The molecule has 0 saturated carbocycles. The summed E-state index contributed by atoms with van der Waals surface area (Å²) in [6.07, 6.45) is 3.08. The Hall–Kier alpha value is -1.88. The Kier molecular flexibility index (Phi) is 4.16. The van der Waals surface area contributed by atoms with E-state index in [1.54, 1.807) is 30.5 Å². The molecule has 2 N–H and O–H groups in total. The number of benzene rings is 1. The van der Waals surface area contributed by atoms with E-state index < -0.39 is 0 Å². The molecule has 0 fully saturated rings. The molecule has 0 radical (unpaired) electrons. The van der Waals surface area contributed by atoms with E-state index in [9.17, 15) is 4.79 Å². The highest BCUT2D eigenvalue weighted by Gasteiger charge is 2.14. The van der Waals surface area contributed by atoms with Gasteiger partial charge in [0, 0.05) is 27.5 Å². The first-order valence-electron chi connectivity index (χ1n) is 5.79. The summed E-state index contributed by atoms with van der Waals surface area (Å²) < 4.78 is 6.14. The molecule has 19 heavy (non-hydrogen) atoms. The van der Waals surface area contributed by atoms with Crippen LogP contribution in [-0.4, -0.2) is 17.4 Å². The number of hydrogen-bond donors (Lipinski definition) is 1. The normalized spacial score (nSPS) is 10.2. The lowest BCUT2D eigenvalue weighted by Gasteiger charge is -2.07. The summed E-state index contributed by atoms with van der Waals surface area (Å²) in [7, 11) is 0. The maximum Gasteiger partial charge on any atom is 0.196 e. The van der Waals surface area contributed by atoms with Crippen LogP contribution in [0.15, 0.2) is 41.1 Å². The maximum atomic E-state index is 12.4. The third-order valence-electron chi connectivity index (χ3n) is 2.55. The van der Waals surface area contributed by atoms with Gasteiger partial charge in [-0.25, -0.2) is 0 Å². The molecule has 1 aromatic heterocycles. The molecule has 0 unspecified atom stereocenters. The van der Waals surface area contributed by atoms with Crippen LogP contribution in [0.1, 0.15) is 22.8 Å². The number of ether oxygens (including phenoxy) is 1. The number of anilines is 1. The first-order chi connectivity index (χ1) is 9.11. The van der Waals surface area contributed by atoms with E-state index >= 15 is 0 Å². The predicted octanol–water partition coefficient (Wildman–Crippen LogP) is 3.06. The number of nitrogen functional groups attached to an aromatic ring is 1. The molecule has 0 amide bonds. The van der Waals surface area contributed by atoms with Crippen LogP contribution in [0.25, 0.3) is 0 Å². The molecule has 0 bridgehead atoms. The van der Waals surface area contributed by atoms with Crippen LogP contribution in [0.2, 0.25) is 0 Å². The Balaban J connectivity index is 2.38. The van der Waals surface area contributed by atoms with Gasteiger partial charge < -0.3 is 10.5 Å². The van der Waals surface area contributed by atoms with Gasteiger partial charge in [0.25, 0.3) is 0 Å². The lowest BCUT2D eigenvalue weighted by atomic mass is 10.0. The highest BCUT2D eigenvalue weighted by Crippen LogP contribution is 2.22. The molecule has 0 aliphatic rings. The number of ketones is 1. The maximum absolute atomic E-state index is 12.4.